The highest BCUT2D eigenvalue weighted by Crippen LogP contribution is 2.75. The second-order valence-corrected chi connectivity index (χ2v) is 11.6. The van der Waals surface area contributed by atoms with Gasteiger partial charge in [0.15, 0.2) is 12.2 Å². The van der Waals surface area contributed by atoms with Gasteiger partial charge in [-0.3, -0.25) is 0 Å². The van der Waals surface area contributed by atoms with Crippen molar-refractivity contribution in [2.75, 3.05) is 7.05 Å². The average Bonchev–Trinajstić information content (AvgIpc) is 3.24. The molecule has 3 nitrogen and oxygen atoms in total. The molecule has 0 saturated heterocycles. The molecule has 3 unspecified atom stereocenters. The van der Waals surface area contributed by atoms with Crippen molar-refractivity contribution in [3.05, 3.63) is 112 Å². The minimum atomic E-state index is -0.133. The molecule has 2 aliphatic carbocycles. The van der Waals surface area contributed by atoms with Crippen LogP contribution in [0.4, 0.5) is 0 Å². The molecular formula is C35H29N2O+. The van der Waals surface area contributed by atoms with Gasteiger partial charge in [-0.2, -0.15) is 4.57 Å². The van der Waals surface area contributed by atoms with E-state index in [4.69, 9.17) is 4.42 Å². The lowest BCUT2D eigenvalue weighted by molar-refractivity contribution is -0.697. The Kier molecular flexibility index (Phi) is 3.66. The summed E-state index contributed by atoms with van der Waals surface area (Å²) in [6.45, 7) is 6.67. The normalized spacial score (nSPS) is 25.3. The number of pyridine rings is 1. The quantitative estimate of drug-likeness (QED) is 0.206. The molecule has 0 amide bonds. The number of furan rings is 1. The standard InChI is InChI=1S/C35H29N2O/c1-5-27-30-26(16-15-25-24-14-13-21-18-19(2)20(3)29(21)32(24)38-33(25)30)35(36(27)4)31-23-11-7-6-10-22(23)28-12-8-9-17-37(28)34(31)35/h5-17,31,34H,18H2,1-4H3/q+1/b27-5-. The highest BCUT2D eigenvalue weighted by Gasteiger charge is 2.80. The SMILES string of the molecule is C/C=C1/c2c(ccc3c2oc2c4c(ccc23)CC(C)=C4C)C2(C3c4ccccc4-c4cccc[n+]4C32)N1C. The van der Waals surface area contributed by atoms with Crippen LogP contribution in [0.2, 0.25) is 0 Å². The Labute approximate surface area is 222 Å². The highest BCUT2D eigenvalue weighted by molar-refractivity contribution is 6.12. The molecule has 0 radical (unpaired) electrons. The van der Waals surface area contributed by atoms with E-state index in [-0.39, 0.29) is 5.54 Å². The first kappa shape index (κ1) is 20.9. The molecule has 2 aliphatic heterocycles. The Hall–Kier alpha value is -4.11. The second-order valence-electron chi connectivity index (χ2n) is 11.6. The summed E-state index contributed by atoms with van der Waals surface area (Å²) in [4.78, 5) is 2.56. The zero-order chi connectivity index (χ0) is 25.5. The number of fused-ring (bicyclic) bond motifs is 16. The fraction of sp³-hybridized carbons (Fsp3) is 0.229. The molecule has 2 aromatic heterocycles. The van der Waals surface area contributed by atoms with Gasteiger partial charge in [0.2, 0.25) is 5.69 Å². The van der Waals surface area contributed by atoms with E-state index in [1.165, 1.54) is 66.7 Å². The van der Waals surface area contributed by atoms with Gasteiger partial charge in [0.1, 0.15) is 16.7 Å². The Morgan fingerprint density at radius 1 is 0.921 bits per heavy atom. The molecule has 4 aliphatic rings. The van der Waals surface area contributed by atoms with Crippen LogP contribution in [-0.2, 0) is 12.0 Å². The molecule has 1 spiro atoms. The fourth-order valence-electron chi connectivity index (χ4n) is 8.41. The zero-order valence-electron chi connectivity index (χ0n) is 22.2. The average molecular weight is 494 g/mol. The molecule has 4 heterocycles. The molecule has 1 saturated carbocycles. The van der Waals surface area contributed by atoms with Crippen LogP contribution in [0.1, 0.15) is 60.5 Å². The monoisotopic (exact) mass is 493 g/mol. The highest BCUT2D eigenvalue weighted by atomic mass is 16.3. The van der Waals surface area contributed by atoms with Crippen molar-refractivity contribution in [1.82, 2.24) is 4.90 Å². The maximum atomic E-state index is 6.94. The molecule has 0 N–H and O–H groups in total. The Balaban J connectivity index is 1.36. The maximum Gasteiger partial charge on any atom is 0.213 e. The Morgan fingerprint density at radius 2 is 1.68 bits per heavy atom. The fourth-order valence-corrected chi connectivity index (χ4v) is 8.41. The summed E-state index contributed by atoms with van der Waals surface area (Å²) in [5, 5.41) is 2.45. The summed E-state index contributed by atoms with van der Waals surface area (Å²) >= 11 is 0. The molecule has 3 heteroatoms. The first-order valence-electron chi connectivity index (χ1n) is 13.8. The second kappa shape index (κ2) is 6.66. The van der Waals surface area contributed by atoms with Gasteiger partial charge in [0, 0.05) is 52.3 Å². The van der Waals surface area contributed by atoms with Gasteiger partial charge >= 0.3 is 0 Å². The van der Waals surface area contributed by atoms with Crippen molar-refractivity contribution in [2.45, 2.75) is 44.7 Å². The summed E-state index contributed by atoms with van der Waals surface area (Å²) < 4.78 is 9.47. The molecule has 9 rings (SSSR count). The summed E-state index contributed by atoms with van der Waals surface area (Å²) in [6.07, 6.45) is 5.59. The Morgan fingerprint density at radius 3 is 2.53 bits per heavy atom. The largest absolute Gasteiger partial charge is 0.455 e. The molecular weight excluding hydrogens is 464 g/mol. The van der Waals surface area contributed by atoms with Gasteiger partial charge in [-0.05, 0) is 61.6 Å². The molecule has 184 valence electrons. The minimum absolute atomic E-state index is 0.133. The first-order chi connectivity index (χ1) is 18.6. The minimum Gasteiger partial charge on any atom is -0.455 e. The predicted molar refractivity (Wildman–Crippen MR) is 153 cm³/mol. The van der Waals surface area contributed by atoms with Gasteiger partial charge in [-0.25, -0.2) is 0 Å². The number of benzene rings is 3. The lowest BCUT2D eigenvalue weighted by Crippen LogP contribution is -2.41. The number of nitrogens with zero attached hydrogens (tertiary/aromatic N) is 2. The van der Waals surface area contributed by atoms with E-state index in [2.05, 4.69) is 116 Å². The molecule has 5 aromatic rings. The molecule has 3 atom stereocenters. The molecule has 1 fully saturated rings. The van der Waals surface area contributed by atoms with E-state index in [0.29, 0.717) is 12.0 Å². The van der Waals surface area contributed by atoms with Crippen LogP contribution in [0.25, 0.3) is 44.5 Å². The first-order valence-corrected chi connectivity index (χ1v) is 13.8. The van der Waals surface area contributed by atoms with Gasteiger partial charge in [0.05, 0.1) is 5.92 Å². The number of hydrogen-bond acceptors (Lipinski definition) is 2. The topological polar surface area (TPSA) is 20.3 Å². The van der Waals surface area contributed by atoms with Crippen LogP contribution in [-0.4, -0.2) is 11.9 Å². The molecule has 3 aromatic carbocycles. The summed E-state index contributed by atoms with van der Waals surface area (Å²) in [7, 11) is 2.29. The molecule has 38 heavy (non-hydrogen) atoms. The van der Waals surface area contributed by atoms with Crippen molar-refractivity contribution in [3.63, 3.8) is 0 Å². The number of aromatic nitrogens is 1. The van der Waals surface area contributed by atoms with E-state index < -0.39 is 0 Å². The van der Waals surface area contributed by atoms with Crippen LogP contribution in [0.15, 0.2) is 89.0 Å². The summed E-state index contributed by atoms with van der Waals surface area (Å²) in [5.41, 5.74) is 15.5. The van der Waals surface area contributed by atoms with Gasteiger partial charge in [-0.1, -0.05) is 54.1 Å². The number of rotatable bonds is 0. The maximum absolute atomic E-state index is 6.94. The van der Waals surface area contributed by atoms with Gasteiger partial charge < -0.3 is 9.32 Å². The number of likely N-dealkylation sites (N-methyl/N-ethyl adjacent to an activating group) is 1. The smallest absolute Gasteiger partial charge is 0.213 e. The number of allylic oxidation sites excluding steroid dienone is 3. The van der Waals surface area contributed by atoms with Crippen LogP contribution in [0.3, 0.4) is 0 Å². The third-order valence-corrected chi connectivity index (χ3v) is 10.1. The lowest BCUT2D eigenvalue weighted by Gasteiger charge is -2.23. The summed E-state index contributed by atoms with van der Waals surface area (Å²) in [5.74, 6) is 0.388. The van der Waals surface area contributed by atoms with Crippen LogP contribution >= 0.6 is 0 Å². The van der Waals surface area contributed by atoms with E-state index in [9.17, 15) is 0 Å². The zero-order valence-corrected chi connectivity index (χ0v) is 22.2. The van der Waals surface area contributed by atoms with Crippen molar-refractivity contribution in [3.8, 4) is 11.3 Å². The Bertz CT molecular complexity index is 1920. The van der Waals surface area contributed by atoms with Crippen molar-refractivity contribution < 1.29 is 8.98 Å². The predicted octanol–water partition coefficient (Wildman–Crippen LogP) is 7.74. The van der Waals surface area contributed by atoms with E-state index in [0.717, 1.165) is 17.6 Å². The van der Waals surface area contributed by atoms with Crippen molar-refractivity contribution in [2.24, 2.45) is 0 Å². The van der Waals surface area contributed by atoms with E-state index >= 15 is 0 Å². The van der Waals surface area contributed by atoms with Gasteiger partial charge in [0.25, 0.3) is 0 Å². The van der Waals surface area contributed by atoms with Crippen molar-refractivity contribution in [1.29, 1.82) is 0 Å². The third kappa shape index (κ3) is 2.12. The van der Waals surface area contributed by atoms with Crippen LogP contribution in [0.5, 0.6) is 0 Å². The summed E-state index contributed by atoms with van der Waals surface area (Å²) in [6, 6.07) is 25.3. The van der Waals surface area contributed by atoms with E-state index in [1.807, 2.05) is 0 Å². The third-order valence-electron chi connectivity index (χ3n) is 10.1. The van der Waals surface area contributed by atoms with Crippen molar-refractivity contribution >= 4 is 33.2 Å². The number of hydrogen-bond donors (Lipinski definition) is 0. The molecule has 0 bridgehead atoms. The van der Waals surface area contributed by atoms with Gasteiger partial charge in [-0.15, -0.1) is 0 Å². The van der Waals surface area contributed by atoms with E-state index in [1.54, 1.807) is 0 Å². The van der Waals surface area contributed by atoms with Crippen LogP contribution in [0, 0.1) is 0 Å². The lowest BCUT2D eigenvalue weighted by atomic mass is 9.93. The van der Waals surface area contributed by atoms with Crippen LogP contribution < -0.4 is 4.57 Å².